The van der Waals surface area contributed by atoms with Gasteiger partial charge in [-0.2, -0.15) is 0 Å². The fraction of sp³-hybridized carbons (Fsp3) is 0.419. The number of hydrogen-bond acceptors (Lipinski definition) is 6. The number of ether oxygens (including phenoxy) is 3. The van der Waals surface area contributed by atoms with Gasteiger partial charge in [-0.3, -0.25) is 4.79 Å². The summed E-state index contributed by atoms with van der Waals surface area (Å²) in [5, 5.41) is 3.42. The molecule has 0 bridgehead atoms. The predicted molar refractivity (Wildman–Crippen MR) is 144 cm³/mol. The van der Waals surface area contributed by atoms with Crippen LogP contribution >= 0.6 is 0 Å². The van der Waals surface area contributed by atoms with Gasteiger partial charge in [0.05, 0.1) is 25.4 Å². The minimum absolute atomic E-state index is 0.0409. The molecule has 2 aliphatic rings. The lowest BCUT2D eigenvalue weighted by Crippen LogP contribution is -2.36. The van der Waals surface area contributed by atoms with Gasteiger partial charge in [0, 0.05) is 29.3 Å². The Balaban J connectivity index is 1.80. The molecule has 0 saturated carbocycles. The van der Waals surface area contributed by atoms with E-state index in [-0.39, 0.29) is 17.8 Å². The lowest BCUT2D eigenvalue weighted by molar-refractivity contribution is -0.144. The molecule has 0 unspecified atom stereocenters. The molecule has 6 heteroatoms. The van der Waals surface area contributed by atoms with Gasteiger partial charge in [-0.1, -0.05) is 50.2 Å². The Labute approximate surface area is 219 Å². The summed E-state index contributed by atoms with van der Waals surface area (Å²) in [4.78, 5) is 27.3. The second kappa shape index (κ2) is 11.7. The summed E-state index contributed by atoms with van der Waals surface area (Å²) in [7, 11) is 1.60. The quantitative estimate of drug-likeness (QED) is 0.412. The van der Waals surface area contributed by atoms with Crippen LogP contribution in [0.1, 0.15) is 76.3 Å². The summed E-state index contributed by atoms with van der Waals surface area (Å²) in [5.41, 5.74) is 4.63. The molecule has 0 radical (unpaired) electrons. The van der Waals surface area contributed by atoms with Gasteiger partial charge < -0.3 is 19.5 Å². The molecule has 6 nitrogen and oxygen atoms in total. The van der Waals surface area contributed by atoms with Crippen molar-refractivity contribution in [2.75, 3.05) is 13.7 Å². The van der Waals surface area contributed by atoms with Crippen molar-refractivity contribution in [2.24, 2.45) is 0 Å². The third-order valence-corrected chi connectivity index (χ3v) is 7.18. The zero-order valence-corrected chi connectivity index (χ0v) is 22.4. The number of benzene rings is 2. The SMILES string of the molecule is CCCOc1ccc([C@@H]2C(C(=O)O[C@H](C)CC)=C(C)NC3=C2C(=O)C[C@H](c2ccccc2)C3)cc1OC. The number of carbonyl (C=O) groups is 2. The maximum Gasteiger partial charge on any atom is 0.337 e. The maximum atomic E-state index is 13.8. The van der Waals surface area contributed by atoms with E-state index in [0.29, 0.717) is 54.2 Å². The highest BCUT2D eigenvalue weighted by Gasteiger charge is 2.42. The molecule has 3 atom stereocenters. The zero-order chi connectivity index (χ0) is 26.5. The lowest BCUT2D eigenvalue weighted by atomic mass is 9.71. The van der Waals surface area contributed by atoms with Crippen LogP contribution in [0.4, 0.5) is 0 Å². The first kappa shape index (κ1) is 26.5. The average molecular weight is 504 g/mol. The highest BCUT2D eigenvalue weighted by atomic mass is 16.5. The second-order valence-corrected chi connectivity index (χ2v) is 9.81. The summed E-state index contributed by atoms with van der Waals surface area (Å²) in [6, 6.07) is 15.8. The van der Waals surface area contributed by atoms with Crippen LogP contribution in [0.15, 0.2) is 71.1 Å². The van der Waals surface area contributed by atoms with Crippen LogP contribution in [0.25, 0.3) is 0 Å². The molecule has 2 aromatic carbocycles. The van der Waals surface area contributed by atoms with Gasteiger partial charge in [-0.15, -0.1) is 0 Å². The first-order valence-corrected chi connectivity index (χ1v) is 13.2. The Morgan fingerprint density at radius 1 is 1.05 bits per heavy atom. The molecular formula is C31H37NO5. The molecule has 1 aliphatic heterocycles. The van der Waals surface area contributed by atoms with Crippen LogP contribution in [0, 0.1) is 0 Å². The molecule has 1 N–H and O–H groups in total. The molecule has 1 heterocycles. The van der Waals surface area contributed by atoms with Crippen LogP contribution in [-0.2, 0) is 14.3 Å². The van der Waals surface area contributed by atoms with Crippen molar-refractivity contribution in [3.05, 3.63) is 82.2 Å². The van der Waals surface area contributed by atoms with E-state index in [1.165, 1.54) is 0 Å². The standard InChI is InChI=1S/C31H37NO5/c1-6-15-36-26-14-13-22(18-27(26)35-5)29-28(31(34)37-19(3)7-2)20(4)32-24-16-23(17-25(33)30(24)29)21-11-9-8-10-12-21/h8-14,18-19,23,29,32H,6-7,15-17H2,1-5H3/t19-,23-,29-/m1/s1. The van der Waals surface area contributed by atoms with E-state index in [4.69, 9.17) is 14.2 Å². The van der Waals surface area contributed by atoms with E-state index in [9.17, 15) is 9.59 Å². The van der Waals surface area contributed by atoms with Crippen LogP contribution in [-0.4, -0.2) is 31.6 Å². The highest BCUT2D eigenvalue weighted by Crippen LogP contribution is 2.47. The molecule has 196 valence electrons. The molecule has 2 aromatic rings. The average Bonchev–Trinajstić information content (AvgIpc) is 2.91. The topological polar surface area (TPSA) is 73.9 Å². The largest absolute Gasteiger partial charge is 0.493 e. The molecule has 37 heavy (non-hydrogen) atoms. The predicted octanol–water partition coefficient (Wildman–Crippen LogP) is 6.19. The van der Waals surface area contributed by atoms with Gasteiger partial charge >= 0.3 is 5.97 Å². The molecule has 0 spiro atoms. The first-order chi connectivity index (χ1) is 17.9. The Kier molecular flexibility index (Phi) is 8.37. The number of esters is 1. The van der Waals surface area contributed by atoms with Crippen LogP contribution in [0.5, 0.6) is 11.5 Å². The number of methoxy groups -OCH3 is 1. The highest BCUT2D eigenvalue weighted by molar-refractivity contribution is 6.04. The fourth-order valence-electron chi connectivity index (χ4n) is 5.13. The summed E-state index contributed by atoms with van der Waals surface area (Å²) in [6.45, 7) is 8.36. The van der Waals surface area contributed by atoms with Gasteiger partial charge in [0.2, 0.25) is 0 Å². The number of allylic oxidation sites excluding steroid dienone is 3. The van der Waals surface area contributed by atoms with Crippen LogP contribution in [0.3, 0.4) is 0 Å². The van der Waals surface area contributed by atoms with E-state index < -0.39 is 11.9 Å². The number of nitrogens with one attached hydrogen (secondary N) is 1. The number of rotatable bonds is 9. The van der Waals surface area contributed by atoms with Gasteiger partial charge in [-0.25, -0.2) is 4.79 Å². The third kappa shape index (κ3) is 5.58. The number of Topliss-reactive ketones (excluding diaryl/α,β-unsaturated/α-hetero) is 1. The second-order valence-electron chi connectivity index (χ2n) is 9.81. The summed E-state index contributed by atoms with van der Waals surface area (Å²) in [5.74, 6) is 0.384. The Bertz CT molecular complexity index is 1210. The lowest BCUT2D eigenvalue weighted by Gasteiger charge is -2.37. The van der Waals surface area contributed by atoms with Crippen molar-refractivity contribution in [3.63, 3.8) is 0 Å². The van der Waals surface area contributed by atoms with Crippen molar-refractivity contribution in [1.82, 2.24) is 5.32 Å². The van der Waals surface area contributed by atoms with Gasteiger partial charge in [-0.05, 0) is 62.3 Å². The van der Waals surface area contributed by atoms with Crippen molar-refractivity contribution >= 4 is 11.8 Å². The number of ketones is 1. The summed E-state index contributed by atoms with van der Waals surface area (Å²) >= 11 is 0. The fourth-order valence-corrected chi connectivity index (χ4v) is 5.13. The van der Waals surface area contributed by atoms with E-state index in [1.54, 1.807) is 7.11 Å². The van der Waals surface area contributed by atoms with Gasteiger partial charge in [0.25, 0.3) is 0 Å². The Morgan fingerprint density at radius 2 is 1.81 bits per heavy atom. The van der Waals surface area contributed by atoms with Crippen molar-refractivity contribution in [1.29, 1.82) is 0 Å². The van der Waals surface area contributed by atoms with Crippen molar-refractivity contribution in [3.8, 4) is 11.5 Å². The number of dihydropyridines is 1. The Morgan fingerprint density at radius 3 is 2.49 bits per heavy atom. The molecular weight excluding hydrogens is 466 g/mol. The van der Waals surface area contributed by atoms with Crippen LogP contribution in [0.2, 0.25) is 0 Å². The monoisotopic (exact) mass is 503 g/mol. The van der Waals surface area contributed by atoms with E-state index in [2.05, 4.69) is 17.4 Å². The van der Waals surface area contributed by atoms with Crippen LogP contribution < -0.4 is 14.8 Å². The molecule has 0 fully saturated rings. The summed E-state index contributed by atoms with van der Waals surface area (Å²) < 4.78 is 17.3. The molecule has 1 aliphatic carbocycles. The third-order valence-electron chi connectivity index (χ3n) is 7.18. The van der Waals surface area contributed by atoms with Gasteiger partial charge in [0.1, 0.15) is 0 Å². The maximum absolute atomic E-state index is 13.8. The normalized spacial score (nSPS) is 20.2. The molecule has 0 amide bonds. The van der Waals surface area contributed by atoms with E-state index in [0.717, 1.165) is 23.2 Å². The molecule has 4 rings (SSSR count). The van der Waals surface area contributed by atoms with Crippen molar-refractivity contribution < 1.29 is 23.8 Å². The number of hydrogen-bond donors (Lipinski definition) is 1. The smallest absolute Gasteiger partial charge is 0.337 e. The summed E-state index contributed by atoms with van der Waals surface area (Å²) in [6.07, 6.45) is 2.44. The van der Waals surface area contributed by atoms with E-state index >= 15 is 0 Å². The minimum Gasteiger partial charge on any atom is -0.493 e. The number of carbonyl (C=O) groups excluding carboxylic acids is 2. The zero-order valence-electron chi connectivity index (χ0n) is 22.4. The van der Waals surface area contributed by atoms with Crippen molar-refractivity contribution in [2.45, 2.75) is 71.3 Å². The first-order valence-electron chi connectivity index (χ1n) is 13.2. The Hall–Kier alpha value is -3.54. The molecule has 0 aromatic heterocycles. The van der Waals surface area contributed by atoms with E-state index in [1.807, 2.05) is 64.1 Å². The molecule has 0 saturated heterocycles. The van der Waals surface area contributed by atoms with Gasteiger partial charge in [0.15, 0.2) is 17.3 Å². The minimum atomic E-state index is -0.550.